The molecule has 0 N–H and O–H groups in total. The molecule has 24 heavy (non-hydrogen) atoms. The Bertz CT molecular complexity index is 800. The van der Waals surface area contributed by atoms with E-state index >= 15 is 0 Å². The Balaban J connectivity index is 1.81. The van der Waals surface area contributed by atoms with Crippen LogP contribution in [-0.2, 0) is 11.8 Å². The fourth-order valence-corrected chi connectivity index (χ4v) is 5.63. The lowest BCUT2D eigenvalue weighted by atomic mass is 9.52. The highest BCUT2D eigenvalue weighted by molar-refractivity contribution is 5.62. The van der Waals surface area contributed by atoms with E-state index in [1.54, 1.807) is 7.11 Å². The van der Waals surface area contributed by atoms with Gasteiger partial charge in [-0.25, -0.2) is 0 Å². The minimum atomic E-state index is -0.118. The van der Waals surface area contributed by atoms with E-state index in [0.717, 1.165) is 30.9 Å². The minimum absolute atomic E-state index is 0.00851. The first kappa shape index (κ1) is 14.2. The minimum Gasteiger partial charge on any atom is -0.493 e. The van der Waals surface area contributed by atoms with E-state index in [0.29, 0.717) is 6.04 Å². The molecule has 1 fully saturated rings. The van der Waals surface area contributed by atoms with E-state index in [-0.39, 0.29) is 23.5 Å². The first-order valence-corrected chi connectivity index (χ1v) is 8.50. The highest BCUT2D eigenvalue weighted by Crippen LogP contribution is 2.62. The second kappa shape index (κ2) is 4.68. The van der Waals surface area contributed by atoms with Gasteiger partial charge >= 0.3 is 0 Å². The quantitative estimate of drug-likeness (QED) is 0.363. The Labute approximate surface area is 140 Å². The van der Waals surface area contributed by atoms with Gasteiger partial charge in [0.1, 0.15) is 6.10 Å². The van der Waals surface area contributed by atoms with E-state index in [2.05, 4.69) is 34.1 Å². The third-order valence-electron chi connectivity index (χ3n) is 6.56. The van der Waals surface area contributed by atoms with Crippen LogP contribution in [0.25, 0.3) is 10.4 Å². The van der Waals surface area contributed by atoms with Crippen molar-refractivity contribution in [3.8, 4) is 11.5 Å². The van der Waals surface area contributed by atoms with Crippen LogP contribution in [0.15, 0.2) is 29.4 Å². The summed E-state index contributed by atoms with van der Waals surface area (Å²) in [6.45, 7) is 1.04. The summed E-state index contributed by atoms with van der Waals surface area (Å²) in [5.74, 6) is 1.96. The number of ether oxygens (including phenoxy) is 2. The monoisotopic (exact) mass is 324 g/mol. The van der Waals surface area contributed by atoms with Gasteiger partial charge in [-0.1, -0.05) is 17.3 Å². The molecule has 2 heterocycles. The summed E-state index contributed by atoms with van der Waals surface area (Å²) in [4.78, 5) is 5.55. The summed E-state index contributed by atoms with van der Waals surface area (Å²) in [6.07, 6.45) is 6.14. The molecule has 5 unspecified atom stereocenters. The molecular formula is C18H20N4O2. The molecule has 2 aliphatic carbocycles. The summed E-state index contributed by atoms with van der Waals surface area (Å²) in [5.41, 5.74) is 11.6. The SMILES string of the molecule is COc1ccc2c3c1OC1C=CC(N=[N+]=[N-])C4C(C2)N(C)CCC314. The number of azide groups is 1. The Morgan fingerprint density at radius 1 is 1.42 bits per heavy atom. The third kappa shape index (κ3) is 1.48. The Morgan fingerprint density at radius 3 is 3.08 bits per heavy atom. The van der Waals surface area contributed by atoms with Gasteiger partial charge in [0.05, 0.1) is 13.2 Å². The molecule has 0 radical (unpaired) electrons. The molecule has 6 nitrogen and oxygen atoms in total. The van der Waals surface area contributed by atoms with Crippen molar-refractivity contribution >= 4 is 0 Å². The van der Waals surface area contributed by atoms with Crippen LogP contribution in [0, 0.1) is 5.92 Å². The molecule has 1 spiro atoms. The predicted molar refractivity (Wildman–Crippen MR) is 89.4 cm³/mol. The van der Waals surface area contributed by atoms with Crippen molar-refractivity contribution in [2.24, 2.45) is 11.0 Å². The van der Waals surface area contributed by atoms with E-state index in [1.165, 1.54) is 11.1 Å². The van der Waals surface area contributed by atoms with Crippen molar-refractivity contribution in [2.75, 3.05) is 20.7 Å². The maximum absolute atomic E-state index is 9.05. The summed E-state index contributed by atoms with van der Waals surface area (Å²) in [5, 5.41) is 4.13. The van der Waals surface area contributed by atoms with E-state index in [4.69, 9.17) is 15.0 Å². The number of likely N-dealkylation sites (tertiary alicyclic amines) is 1. The van der Waals surface area contributed by atoms with Crippen LogP contribution in [-0.4, -0.2) is 43.8 Å². The lowest BCUT2D eigenvalue weighted by molar-refractivity contribution is -0.0115. The third-order valence-corrected chi connectivity index (χ3v) is 6.56. The highest BCUT2D eigenvalue weighted by Gasteiger charge is 2.64. The van der Waals surface area contributed by atoms with E-state index < -0.39 is 0 Å². The van der Waals surface area contributed by atoms with Gasteiger partial charge in [0.25, 0.3) is 0 Å². The van der Waals surface area contributed by atoms with Crippen LogP contribution >= 0.6 is 0 Å². The lowest BCUT2D eigenvalue weighted by Gasteiger charge is -2.57. The molecule has 0 saturated carbocycles. The average Bonchev–Trinajstić information content (AvgIpc) is 2.93. The maximum Gasteiger partial charge on any atom is 0.166 e. The van der Waals surface area contributed by atoms with Crippen LogP contribution in [0.4, 0.5) is 0 Å². The predicted octanol–water partition coefficient (Wildman–Crippen LogP) is 2.82. The second-order valence-corrected chi connectivity index (χ2v) is 7.32. The van der Waals surface area contributed by atoms with Crippen molar-refractivity contribution in [3.05, 3.63) is 45.9 Å². The largest absolute Gasteiger partial charge is 0.493 e. The summed E-state index contributed by atoms with van der Waals surface area (Å²) in [6, 6.07) is 4.46. The molecule has 2 aliphatic heterocycles. The van der Waals surface area contributed by atoms with Gasteiger partial charge in [-0.05, 0) is 49.7 Å². The fourth-order valence-electron chi connectivity index (χ4n) is 5.63. The molecule has 0 amide bonds. The van der Waals surface area contributed by atoms with E-state index in [1.807, 2.05) is 12.1 Å². The van der Waals surface area contributed by atoms with Gasteiger partial charge < -0.3 is 14.4 Å². The maximum atomic E-state index is 9.05. The first-order valence-electron chi connectivity index (χ1n) is 8.50. The highest BCUT2D eigenvalue weighted by atomic mass is 16.5. The Kier molecular flexibility index (Phi) is 2.77. The Hall–Kier alpha value is -2.17. The molecule has 2 bridgehead atoms. The van der Waals surface area contributed by atoms with Crippen molar-refractivity contribution in [3.63, 3.8) is 0 Å². The van der Waals surface area contributed by atoms with Gasteiger partial charge in [-0.3, -0.25) is 0 Å². The van der Waals surface area contributed by atoms with Crippen molar-refractivity contribution in [2.45, 2.75) is 36.4 Å². The lowest BCUT2D eigenvalue weighted by Crippen LogP contribution is -2.65. The number of hydrogen-bond acceptors (Lipinski definition) is 4. The molecule has 4 aliphatic rings. The molecular weight excluding hydrogens is 304 g/mol. The zero-order chi connectivity index (χ0) is 16.5. The van der Waals surface area contributed by atoms with Gasteiger partial charge in [0.15, 0.2) is 11.5 Å². The number of methoxy groups -OCH3 is 1. The molecule has 5 atom stereocenters. The molecule has 124 valence electrons. The number of benzene rings is 1. The van der Waals surface area contributed by atoms with E-state index in [9.17, 15) is 0 Å². The molecule has 0 aromatic heterocycles. The summed E-state index contributed by atoms with van der Waals surface area (Å²) < 4.78 is 12.0. The zero-order valence-electron chi connectivity index (χ0n) is 13.8. The van der Waals surface area contributed by atoms with Crippen LogP contribution in [0.3, 0.4) is 0 Å². The number of nitrogens with zero attached hydrogens (tertiary/aromatic N) is 4. The number of rotatable bonds is 2. The van der Waals surface area contributed by atoms with Crippen molar-refractivity contribution < 1.29 is 9.47 Å². The van der Waals surface area contributed by atoms with Crippen molar-refractivity contribution in [1.29, 1.82) is 0 Å². The van der Waals surface area contributed by atoms with Crippen LogP contribution < -0.4 is 9.47 Å². The first-order chi connectivity index (χ1) is 11.7. The van der Waals surface area contributed by atoms with Crippen LogP contribution in [0.2, 0.25) is 0 Å². The number of hydrogen-bond donors (Lipinski definition) is 0. The molecule has 5 rings (SSSR count). The molecule has 1 aromatic carbocycles. The van der Waals surface area contributed by atoms with Gasteiger partial charge in [0.2, 0.25) is 0 Å². The summed E-state index contributed by atoms with van der Waals surface area (Å²) >= 11 is 0. The Morgan fingerprint density at radius 2 is 2.29 bits per heavy atom. The van der Waals surface area contributed by atoms with Gasteiger partial charge in [-0.15, -0.1) is 0 Å². The van der Waals surface area contributed by atoms with Gasteiger partial charge in [0, 0.05) is 27.8 Å². The molecule has 6 heteroatoms. The summed E-state index contributed by atoms with van der Waals surface area (Å²) in [7, 11) is 3.88. The second-order valence-electron chi connectivity index (χ2n) is 7.32. The zero-order valence-corrected chi connectivity index (χ0v) is 13.8. The normalized spacial score (nSPS) is 38.1. The standard InChI is InChI=1S/C18H20N4O2/c1-22-8-7-18-14-6-4-11(20-21-19)16(18)12(22)9-10-3-5-13(23-2)17(24-14)15(10)18/h3-6,11-12,14,16H,7-9H2,1-2H3. The fraction of sp³-hybridized carbons (Fsp3) is 0.556. The number of piperidine rings is 1. The number of likely N-dealkylation sites (N-methyl/N-ethyl adjacent to an activating group) is 1. The topological polar surface area (TPSA) is 70.5 Å². The molecule has 1 aromatic rings. The molecule has 1 saturated heterocycles. The van der Waals surface area contributed by atoms with Crippen LogP contribution in [0.1, 0.15) is 17.5 Å². The van der Waals surface area contributed by atoms with Crippen molar-refractivity contribution in [1.82, 2.24) is 4.90 Å². The average molecular weight is 324 g/mol. The van der Waals surface area contributed by atoms with Crippen LogP contribution in [0.5, 0.6) is 11.5 Å². The van der Waals surface area contributed by atoms with Gasteiger partial charge in [-0.2, -0.15) is 0 Å². The smallest absolute Gasteiger partial charge is 0.166 e.